The van der Waals surface area contributed by atoms with E-state index in [0.29, 0.717) is 0 Å². The monoisotopic (exact) mass is 844 g/mol. The van der Waals surface area contributed by atoms with Crippen LogP contribution in [0.1, 0.15) is 0 Å². The summed E-state index contributed by atoms with van der Waals surface area (Å²) in [6, 6.07) is 78.7. The molecule has 4 aromatic heterocycles. The van der Waals surface area contributed by atoms with Crippen molar-refractivity contribution < 1.29 is 0 Å². The molecule has 0 bridgehead atoms. The number of nitrogens with zero attached hydrogens (tertiary/aromatic N) is 2. The van der Waals surface area contributed by atoms with Crippen molar-refractivity contribution in [3.63, 3.8) is 0 Å². The molecule has 0 N–H and O–H groups in total. The van der Waals surface area contributed by atoms with Gasteiger partial charge in [0.05, 0.1) is 22.1 Å². The van der Waals surface area contributed by atoms with E-state index in [1.807, 2.05) is 40.0 Å². The zero-order valence-electron chi connectivity index (χ0n) is 35.0. The second-order valence-corrected chi connectivity index (χ2v) is 18.3. The molecule has 0 spiro atoms. The zero-order valence-corrected chi connectivity index (χ0v) is 35.8. The second kappa shape index (κ2) is 13.8. The summed E-state index contributed by atoms with van der Waals surface area (Å²) in [5.41, 5.74) is 14.8. The normalized spacial score (nSPS) is 12.1. The molecule has 4 heterocycles. The molecule has 0 aliphatic heterocycles. The Bertz CT molecular complexity index is 4310. The highest BCUT2D eigenvalue weighted by Crippen LogP contribution is 2.45. The van der Waals surface area contributed by atoms with Crippen LogP contribution in [0.15, 0.2) is 223 Å². The Labute approximate surface area is 377 Å². The van der Waals surface area contributed by atoms with Gasteiger partial charge in [-0.3, -0.25) is 9.20 Å². The summed E-state index contributed by atoms with van der Waals surface area (Å²) in [4.78, 5) is 14.4. The molecular formula is C61H36N2OS. The van der Waals surface area contributed by atoms with E-state index >= 15 is 0 Å². The molecule has 4 heteroatoms. The lowest BCUT2D eigenvalue weighted by Crippen LogP contribution is -2.12. The lowest BCUT2D eigenvalue weighted by atomic mass is 9.94. The zero-order chi connectivity index (χ0) is 42.8. The Morgan fingerprint density at radius 1 is 0.323 bits per heavy atom. The highest BCUT2D eigenvalue weighted by Gasteiger charge is 2.22. The molecule has 10 aromatic carbocycles. The van der Waals surface area contributed by atoms with Crippen LogP contribution in [-0.2, 0) is 0 Å². The molecule has 3 nitrogen and oxygen atoms in total. The third-order valence-electron chi connectivity index (χ3n) is 13.6. The number of para-hydroxylation sites is 1. The lowest BCUT2D eigenvalue weighted by Gasteiger charge is -2.11. The van der Waals surface area contributed by atoms with Crippen molar-refractivity contribution in [3.05, 3.63) is 229 Å². The van der Waals surface area contributed by atoms with E-state index in [1.54, 1.807) is 0 Å². The Balaban J connectivity index is 0.981. The maximum atomic E-state index is 14.4. The molecule has 14 rings (SSSR count). The van der Waals surface area contributed by atoms with Crippen molar-refractivity contribution in [1.29, 1.82) is 0 Å². The molecule has 0 amide bonds. The first-order chi connectivity index (χ1) is 32.1. The van der Waals surface area contributed by atoms with Gasteiger partial charge in [-0.1, -0.05) is 140 Å². The first-order valence-corrected chi connectivity index (χ1v) is 22.9. The average molecular weight is 845 g/mol. The molecule has 302 valence electrons. The summed E-state index contributed by atoms with van der Waals surface area (Å²) in [6.07, 6.45) is 0. The van der Waals surface area contributed by atoms with Gasteiger partial charge in [0.2, 0.25) is 0 Å². The molecule has 0 radical (unpaired) electrons. The van der Waals surface area contributed by atoms with E-state index in [-0.39, 0.29) is 5.56 Å². The number of fused-ring (bicyclic) bond motifs is 11. The maximum Gasteiger partial charge on any atom is 0.263 e. The molecule has 0 aliphatic rings. The van der Waals surface area contributed by atoms with E-state index in [2.05, 4.69) is 199 Å². The fraction of sp³-hybridized carbons (Fsp3) is 0. The highest BCUT2D eigenvalue weighted by atomic mass is 32.1. The fourth-order valence-electron chi connectivity index (χ4n) is 10.7. The van der Waals surface area contributed by atoms with Gasteiger partial charge in [0, 0.05) is 58.2 Å². The van der Waals surface area contributed by atoms with Crippen molar-refractivity contribution in [2.45, 2.75) is 0 Å². The van der Waals surface area contributed by atoms with Crippen LogP contribution in [0.3, 0.4) is 0 Å². The third kappa shape index (κ3) is 5.38. The van der Waals surface area contributed by atoms with E-state index in [0.717, 1.165) is 60.3 Å². The van der Waals surface area contributed by atoms with Crippen LogP contribution in [0.2, 0.25) is 0 Å². The standard InChI is InChI=1S/C61H36N2OS/c64-61-48-21-8-7-19-46(48)51-34-43(35-52-50-32-41(38-15-5-2-6-16-38)25-29-56(50)63(61)60(51)52)45-22-12-24-58-59(45)53-36-44(27-30-57(53)65-58)62-54-23-10-9-20-47(54)49-33-42(26-28-55(49)62)40-18-11-17-39(31-40)37-13-3-1-4-14-37/h1-36H. The van der Waals surface area contributed by atoms with Crippen LogP contribution in [-0.4, -0.2) is 8.97 Å². The minimum atomic E-state index is 0.0188. The molecule has 0 fully saturated rings. The van der Waals surface area contributed by atoms with E-state index in [9.17, 15) is 4.79 Å². The number of hydrogen-bond acceptors (Lipinski definition) is 2. The van der Waals surface area contributed by atoms with E-state index in [4.69, 9.17) is 0 Å². The molecule has 0 atom stereocenters. The van der Waals surface area contributed by atoms with Crippen molar-refractivity contribution in [2.75, 3.05) is 0 Å². The van der Waals surface area contributed by atoms with Crippen LogP contribution >= 0.6 is 11.3 Å². The van der Waals surface area contributed by atoms with Crippen molar-refractivity contribution in [2.24, 2.45) is 0 Å². The summed E-state index contributed by atoms with van der Waals surface area (Å²) in [7, 11) is 0. The third-order valence-corrected chi connectivity index (χ3v) is 14.8. The summed E-state index contributed by atoms with van der Waals surface area (Å²) in [5, 5.41) is 9.89. The summed E-state index contributed by atoms with van der Waals surface area (Å²) in [6.45, 7) is 0. The number of aromatic nitrogens is 2. The molecular weight excluding hydrogens is 809 g/mol. The predicted molar refractivity (Wildman–Crippen MR) is 276 cm³/mol. The van der Waals surface area contributed by atoms with Crippen molar-refractivity contribution in [1.82, 2.24) is 8.97 Å². The largest absolute Gasteiger partial charge is 0.309 e. The summed E-state index contributed by atoms with van der Waals surface area (Å²) in [5.74, 6) is 0. The molecule has 0 unspecified atom stereocenters. The van der Waals surface area contributed by atoms with E-state index < -0.39 is 0 Å². The predicted octanol–water partition coefficient (Wildman–Crippen LogP) is 16.3. The highest BCUT2D eigenvalue weighted by molar-refractivity contribution is 7.26. The Morgan fingerprint density at radius 3 is 1.65 bits per heavy atom. The van der Waals surface area contributed by atoms with Crippen molar-refractivity contribution in [3.8, 4) is 50.2 Å². The van der Waals surface area contributed by atoms with Crippen molar-refractivity contribution >= 4 is 91.3 Å². The maximum absolute atomic E-state index is 14.4. The van der Waals surface area contributed by atoms with Crippen LogP contribution in [0.4, 0.5) is 0 Å². The quantitative estimate of drug-likeness (QED) is 0.159. The number of thiophene rings is 1. The topological polar surface area (TPSA) is 26.4 Å². The van der Waals surface area contributed by atoms with Crippen LogP contribution in [0, 0.1) is 0 Å². The first kappa shape index (κ1) is 36.2. The molecule has 0 aliphatic carbocycles. The van der Waals surface area contributed by atoms with E-state index in [1.165, 1.54) is 69.8 Å². The minimum Gasteiger partial charge on any atom is -0.309 e. The molecule has 14 aromatic rings. The summed E-state index contributed by atoms with van der Waals surface area (Å²) >= 11 is 1.84. The number of rotatable bonds is 5. The molecule has 0 saturated carbocycles. The Morgan fingerprint density at radius 2 is 0.877 bits per heavy atom. The van der Waals surface area contributed by atoms with Crippen LogP contribution < -0.4 is 5.56 Å². The second-order valence-electron chi connectivity index (χ2n) is 17.2. The molecule has 65 heavy (non-hydrogen) atoms. The first-order valence-electron chi connectivity index (χ1n) is 22.1. The van der Waals surface area contributed by atoms with Gasteiger partial charge in [-0.05, 0) is 129 Å². The van der Waals surface area contributed by atoms with Gasteiger partial charge < -0.3 is 4.57 Å². The molecule has 0 saturated heterocycles. The van der Waals surface area contributed by atoms with Gasteiger partial charge in [0.1, 0.15) is 0 Å². The smallest absolute Gasteiger partial charge is 0.263 e. The van der Waals surface area contributed by atoms with Gasteiger partial charge in [-0.15, -0.1) is 11.3 Å². The van der Waals surface area contributed by atoms with Gasteiger partial charge in [-0.2, -0.15) is 0 Å². The Kier molecular flexibility index (Phi) is 7.71. The number of pyridine rings is 1. The number of hydrogen-bond donors (Lipinski definition) is 0. The van der Waals surface area contributed by atoms with Crippen LogP contribution in [0.25, 0.3) is 130 Å². The minimum absolute atomic E-state index is 0.0188. The van der Waals surface area contributed by atoms with Gasteiger partial charge >= 0.3 is 0 Å². The SMILES string of the molecule is O=c1c2ccccc2c2cc(-c3cccc4sc5ccc(-n6c7ccccc7c7cc(-c8cccc(-c9ccccc9)c8)ccc76)cc5c34)cc3c4cc(-c5ccccc5)ccc4n1c23. The summed E-state index contributed by atoms with van der Waals surface area (Å²) < 4.78 is 6.88. The van der Waals surface area contributed by atoms with Gasteiger partial charge in [0.15, 0.2) is 0 Å². The van der Waals surface area contributed by atoms with Gasteiger partial charge in [-0.25, -0.2) is 0 Å². The Hall–Kier alpha value is -8.31. The fourth-order valence-corrected chi connectivity index (χ4v) is 11.8. The van der Waals surface area contributed by atoms with Crippen LogP contribution in [0.5, 0.6) is 0 Å². The lowest BCUT2D eigenvalue weighted by molar-refractivity contribution is 1.19. The van der Waals surface area contributed by atoms with Gasteiger partial charge in [0.25, 0.3) is 5.56 Å². The average Bonchev–Trinajstić information content (AvgIpc) is 4.03. The number of benzene rings is 10.